The summed E-state index contributed by atoms with van der Waals surface area (Å²) in [6.07, 6.45) is 0.864. The third-order valence-electron chi connectivity index (χ3n) is 6.79. The van der Waals surface area contributed by atoms with Crippen molar-refractivity contribution in [3.63, 3.8) is 0 Å². The molecule has 1 aliphatic rings. The van der Waals surface area contributed by atoms with Crippen LogP contribution in [0.5, 0.6) is 0 Å². The van der Waals surface area contributed by atoms with E-state index in [1.807, 2.05) is 63.2 Å². The number of halogens is 1. The van der Waals surface area contributed by atoms with E-state index < -0.39 is 23.6 Å². The lowest BCUT2D eigenvalue weighted by Crippen LogP contribution is -2.55. The highest BCUT2D eigenvalue weighted by atomic mass is 35.5. The van der Waals surface area contributed by atoms with E-state index in [2.05, 4.69) is 29.8 Å². The molecular weight excluding hydrogens is 516 g/mol. The minimum Gasteiger partial charge on any atom is -0.390 e. The average molecular weight is 561 g/mol. The molecule has 39 heavy (non-hydrogen) atoms. The first kappa shape index (κ1) is 32.5. The molecule has 1 saturated heterocycles. The number of hydrogen-bond donors (Lipinski definition) is 4. The average Bonchev–Trinajstić information content (AvgIpc) is 3.35. The number of fused-ring (bicyclic) bond motifs is 1. The summed E-state index contributed by atoms with van der Waals surface area (Å²) in [5, 5.41) is 21.4. The van der Waals surface area contributed by atoms with Crippen molar-refractivity contribution in [2.24, 2.45) is 11.3 Å². The van der Waals surface area contributed by atoms with Crippen molar-refractivity contribution in [1.82, 2.24) is 20.9 Å². The van der Waals surface area contributed by atoms with Crippen LogP contribution in [0.3, 0.4) is 0 Å². The largest absolute Gasteiger partial charge is 0.390 e. The summed E-state index contributed by atoms with van der Waals surface area (Å²) in [7, 11) is 0. The molecule has 0 aromatic heterocycles. The number of aliphatic hydroxyl groups is 1. The number of rotatable bonds is 11. The summed E-state index contributed by atoms with van der Waals surface area (Å²) < 4.78 is 0. The second-order valence-corrected chi connectivity index (χ2v) is 11.8. The van der Waals surface area contributed by atoms with Gasteiger partial charge in [0.1, 0.15) is 12.1 Å². The normalized spacial score (nSPS) is 17.0. The molecule has 1 aliphatic heterocycles. The van der Waals surface area contributed by atoms with Gasteiger partial charge in [0.2, 0.25) is 17.7 Å². The highest BCUT2D eigenvalue weighted by Gasteiger charge is 2.39. The number of benzene rings is 2. The van der Waals surface area contributed by atoms with Gasteiger partial charge in [-0.2, -0.15) is 0 Å². The summed E-state index contributed by atoms with van der Waals surface area (Å²) in [6, 6.07) is 12.5. The molecule has 4 N–H and O–H groups in total. The number of carbonyl (C=O) groups is 3. The van der Waals surface area contributed by atoms with E-state index in [-0.39, 0.29) is 36.7 Å². The molecule has 216 valence electrons. The van der Waals surface area contributed by atoms with Crippen molar-refractivity contribution in [3.8, 4) is 0 Å². The molecule has 2 aromatic rings. The Kier molecular flexibility index (Phi) is 12.2. The monoisotopic (exact) mass is 560 g/mol. The first-order valence-corrected chi connectivity index (χ1v) is 13.7. The Morgan fingerprint density at radius 1 is 1.03 bits per heavy atom. The fourth-order valence-electron chi connectivity index (χ4n) is 4.74. The van der Waals surface area contributed by atoms with Crippen LogP contribution in [0.4, 0.5) is 0 Å². The maximum absolute atomic E-state index is 13.4. The second-order valence-electron chi connectivity index (χ2n) is 11.8. The lowest BCUT2D eigenvalue weighted by molar-refractivity contribution is -0.145. The quantitative estimate of drug-likeness (QED) is 0.338. The van der Waals surface area contributed by atoms with Crippen LogP contribution < -0.4 is 16.0 Å². The number of aliphatic hydroxyl groups excluding tert-OH is 1. The van der Waals surface area contributed by atoms with E-state index in [4.69, 9.17) is 0 Å². The SMILES string of the molecule is CC(C)CNC[C@@H](O)CNC(=O)[C@@H](Cc1ccc2ccccc2c1)NC(=O)C1CCCN1C(=O)C(C)(C)C.Cl. The van der Waals surface area contributed by atoms with E-state index in [0.717, 1.165) is 29.3 Å². The summed E-state index contributed by atoms with van der Waals surface area (Å²) in [5.74, 6) is -0.289. The Morgan fingerprint density at radius 3 is 2.38 bits per heavy atom. The minimum absolute atomic E-state index is 0. The molecule has 1 heterocycles. The van der Waals surface area contributed by atoms with Gasteiger partial charge < -0.3 is 26.0 Å². The zero-order valence-corrected chi connectivity index (χ0v) is 24.6. The van der Waals surface area contributed by atoms with Crippen LogP contribution in [0.15, 0.2) is 42.5 Å². The van der Waals surface area contributed by atoms with Gasteiger partial charge in [-0.15, -0.1) is 12.4 Å². The molecule has 0 aliphatic carbocycles. The van der Waals surface area contributed by atoms with Crippen molar-refractivity contribution < 1.29 is 19.5 Å². The molecule has 0 bridgehead atoms. The lowest BCUT2D eigenvalue weighted by Gasteiger charge is -2.31. The first-order chi connectivity index (χ1) is 18.0. The van der Waals surface area contributed by atoms with Gasteiger partial charge in [-0.3, -0.25) is 14.4 Å². The number of carbonyl (C=O) groups excluding carboxylic acids is 3. The zero-order valence-electron chi connectivity index (χ0n) is 23.8. The van der Waals surface area contributed by atoms with E-state index in [1.165, 1.54) is 0 Å². The lowest BCUT2D eigenvalue weighted by atomic mass is 9.94. The van der Waals surface area contributed by atoms with Crippen molar-refractivity contribution in [2.75, 3.05) is 26.2 Å². The number of amides is 3. The Labute approximate surface area is 238 Å². The summed E-state index contributed by atoms with van der Waals surface area (Å²) in [4.78, 5) is 41.3. The molecule has 8 nitrogen and oxygen atoms in total. The van der Waals surface area contributed by atoms with Gasteiger partial charge in [-0.25, -0.2) is 0 Å². The molecule has 2 aromatic carbocycles. The van der Waals surface area contributed by atoms with Crippen molar-refractivity contribution in [3.05, 3.63) is 48.0 Å². The van der Waals surface area contributed by atoms with Crippen LogP contribution >= 0.6 is 12.4 Å². The Bertz CT molecular complexity index is 1120. The van der Waals surface area contributed by atoms with Crippen LogP contribution in [0.2, 0.25) is 0 Å². The maximum atomic E-state index is 13.4. The summed E-state index contributed by atoms with van der Waals surface area (Å²) >= 11 is 0. The standard InChI is InChI=1S/C30H44N4O4.ClH/c1-20(2)17-31-18-24(35)19-32-27(36)25(16-21-12-13-22-9-6-7-10-23(22)15-21)33-28(37)26-11-8-14-34(26)29(38)30(3,4)5;/h6-7,9-10,12-13,15,20,24-26,31,35H,8,11,14,16-19H2,1-5H3,(H,32,36)(H,33,37);1H/t24-,25-,26?;/m1./s1. The van der Waals surface area contributed by atoms with E-state index >= 15 is 0 Å². The Balaban J connectivity index is 0.00000533. The number of hydrogen-bond acceptors (Lipinski definition) is 5. The molecule has 1 unspecified atom stereocenters. The highest BCUT2D eigenvalue weighted by Crippen LogP contribution is 2.26. The summed E-state index contributed by atoms with van der Waals surface area (Å²) in [6.45, 7) is 11.5. The molecule has 0 radical (unpaired) electrons. The van der Waals surface area contributed by atoms with Crippen LogP contribution in [0.25, 0.3) is 10.8 Å². The highest BCUT2D eigenvalue weighted by molar-refractivity contribution is 5.93. The fourth-order valence-corrected chi connectivity index (χ4v) is 4.74. The van der Waals surface area contributed by atoms with Crippen molar-refractivity contribution in [1.29, 1.82) is 0 Å². The van der Waals surface area contributed by atoms with E-state index in [1.54, 1.807) is 4.90 Å². The van der Waals surface area contributed by atoms with Crippen LogP contribution in [-0.2, 0) is 20.8 Å². The number of likely N-dealkylation sites (tertiary alicyclic amines) is 1. The minimum atomic E-state index is -0.841. The molecule has 0 spiro atoms. The second kappa shape index (κ2) is 14.6. The van der Waals surface area contributed by atoms with Crippen LogP contribution in [0, 0.1) is 11.3 Å². The van der Waals surface area contributed by atoms with Gasteiger partial charge in [0.15, 0.2) is 0 Å². The fraction of sp³-hybridized carbons (Fsp3) is 0.567. The van der Waals surface area contributed by atoms with Gasteiger partial charge in [0.05, 0.1) is 6.10 Å². The Morgan fingerprint density at radius 2 is 1.72 bits per heavy atom. The third kappa shape index (κ3) is 9.48. The molecule has 9 heteroatoms. The molecule has 3 rings (SSSR count). The maximum Gasteiger partial charge on any atom is 0.243 e. The summed E-state index contributed by atoms with van der Waals surface area (Å²) in [5.41, 5.74) is 0.321. The van der Waals surface area contributed by atoms with Crippen molar-refractivity contribution in [2.45, 2.75) is 72.1 Å². The van der Waals surface area contributed by atoms with Crippen LogP contribution in [-0.4, -0.2) is 72.1 Å². The predicted molar refractivity (Wildman–Crippen MR) is 158 cm³/mol. The van der Waals surface area contributed by atoms with Gasteiger partial charge >= 0.3 is 0 Å². The molecule has 1 fully saturated rings. The molecule has 3 atom stereocenters. The van der Waals surface area contributed by atoms with Gasteiger partial charge in [-0.1, -0.05) is 77.1 Å². The number of nitrogens with zero attached hydrogens (tertiary/aromatic N) is 1. The zero-order chi connectivity index (χ0) is 27.9. The molecule has 0 saturated carbocycles. The third-order valence-corrected chi connectivity index (χ3v) is 6.79. The topological polar surface area (TPSA) is 111 Å². The first-order valence-electron chi connectivity index (χ1n) is 13.7. The molecule has 3 amide bonds. The van der Waals surface area contributed by atoms with Gasteiger partial charge in [0.25, 0.3) is 0 Å². The smallest absolute Gasteiger partial charge is 0.243 e. The number of nitrogens with one attached hydrogen (secondary N) is 3. The Hall–Kier alpha value is -2.68. The van der Waals surface area contributed by atoms with E-state index in [9.17, 15) is 19.5 Å². The van der Waals surface area contributed by atoms with Crippen LogP contribution in [0.1, 0.15) is 53.0 Å². The van der Waals surface area contributed by atoms with Crippen molar-refractivity contribution >= 4 is 40.9 Å². The van der Waals surface area contributed by atoms with Gasteiger partial charge in [-0.05, 0) is 41.6 Å². The van der Waals surface area contributed by atoms with E-state index in [0.29, 0.717) is 31.8 Å². The molecular formula is C30H45ClN4O4. The predicted octanol–water partition coefficient (Wildman–Crippen LogP) is 3.05. The van der Waals surface area contributed by atoms with Gasteiger partial charge in [0, 0.05) is 31.5 Å².